The number of ether oxygens (including phenoxy) is 2. The number of rotatable bonds is 6. The molecular formula is C30H34N6O3. The van der Waals surface area contributed by atoms with E-state index in [1.165, 1.54) is 12.8 Å². The van der Waals surface area contributed by atoms with E-state index in [9.17, 15) is 4.79 Å². The van der Waals surface area contributed by atoms with Crippen LogP contribution in [0.1, 0.15) is 48.5 Å². The highest BCUT2D eigenvalue weighted by Gasteiger charge is 2.47. The fourth-order valence-corrected chi connectivity index (χ4v) is 7.20. The molecule has 3 aromatic heterocycles. The van der Waals surface area contributed by atoms with Gasteiger partial charge >= 0.3 is 0 Å². The lowest BCUT2D eigenvalue weighted by Gasteiger charge is -2.27. The van der Waals surface area contributed by atoms with Gasteiger partial charge in [-0.05, 0) is 74.3 Å². The van der Waals surface area contributed by atoms with E-state index >= 15 is 0 Å². The highest BCUT2D eigenvalue weighted by molar-refractivity contribution is 6.00. The number of nitrogens with two attached hydrogens (primary N) is 1. The summed E-state index contributed by atoms with van der Waals surface area (Å²) in [5.41, 5.74) is 10.8. The Morgan fingerprint density at radius 1 is 1.18 bits per heavy atom. The van der Waals surface area contributed by atoms with Crippen molar-refractivity contribution in [2.45, 2.75) is 56.8 Å². The van der Waals surface area contributed by atoms with Gasteiger partial charge in [-0.2, -0.15) is 0 Å². The molecule has 1 aromatic carbocycles. The molecule has 8 rings (SSSR count). The monoisotopic (exact) mass is 526 g/mol. The first kappa shape index (κ1) is 23.5. The highest BCUT2D eigenvalue weighted by Crippen LogP contribution is 2.42. The van der Waals surface area contributed by atoms with Crippen molar-refractivity contribution in [3.63, 3.8) is 0 Å². The van der Waals surface area contributed by atoms with E-state index in [1.807, 2.05) is 29.3 Å². The Morgan fingerprint density at radius 3 is 2.79 bits per heavy atom. The molecule has 2 saturated heterocycles. The molecule has 39 heavy (non-hydrogen) atoms. The van der Waals surface area contributed by atoms with E-state index in [0.717, 1.165) is 65.9 Å². The Morgan fingerprint density at radius 2 is 2.08 bits per heavy atom. The van der Waals surface area contributed by atoms with Crippen LogP contribution in [0.25, 0.3) is 33.6 Å². The summed E-state index contributed by atoms with van der Waals surface area (Å²) in [6.07, 6.45) is 7.36. The van der Waals surface area contributed by atoms with Gasteiger partial charge in [0.15, 0.2) is 5.82 Å². The number of likely N-dealkylation sites (tertiary alicyclic amines) is 1. The molecular weight excluding hydrogens is 492 g/mol. The number of hydrogen-bond acceptors (Lipinski definition) is 6. The van der Waals surface area contributed by atoms with Gasteiger partial charge in [0.05, 0.1) is 31.0 Å². The Hall–Kier alpha value is -3.43. The molecule has 2 bridgehead atoms. The zero-order chi connectivity index (χ0) is 26.2. The predicted molar refractivity (Wildman–Crippen MR) is 148 cm³/mol. The zero-order valence-electron chi connectivity index (χ0n) is 22.3. The number of benzene rings is 1. The van der Waals surface area contributed by atoms with Crippen molar-refractivity contribution < 1.29 is 14.3 Å². The molecule has 4 fully saturated rings. The van der Waals surface area contributed by atoms with Crippen molar-refractivity contribution in [1.29, 1.82) is 0 Å². The van der Waals surface area contributed by atoms with Crippen molar-refractivity contribution in [2.75, 3.05) is 26.9 Å². The van der Waals surface area contributed by atoms with Gasteiger partial charge in [0.25, 0.3) is 5.91 Å². The molecule has 1 amide bonds. The minimum absolute atomic E-state index is 0.0187. The van der Waals surface area contributed by atoms with Gasteiger partial charge in [-0.25, -0.2) is 9.97 Å². The second kappa shape index (κ2) is 8.79. The van der Waals surface area contributed by atoms with Crippen LogP contribution < -0.4 is 10.5 Å². The summed E-state index contributed by atoms with van der Waals surface area (Å²) < 4.78 is 16.4. The maximum absolute atomic E-state index is 13.8. The number of fused-ring (bicyclic) bond motifs is 4. The van der Waals surface area contributed by atoms with Crippen LogP contribution in [-0.2, 0) is 11.3 Å². The summed E-state index contributed by atoms with van der Waals surface area (Å²) in [6, 6.07) is 10.5. The Kier molecular flexibility index (Phi) is 5.29. The fraction of sp³-hybridized carbons (Fsp3) is 0.500. The number of hydrogen-bond donors (Lipinski definition) is 1. The second-order valence-electron chi connectivity index (χ2n) is 11.8. The van der Waals surface area contributed by atoms with Gasteiger partial charge in [0.1, 0.15) is 16.9 Å². The number of pyridine rings is 1. The van der Waals surface area contributed by atoms with E-state index < -0.39 is 0 Å². The van der Waals surface area contributed by atoms with Gasteiger partial charge in [-0.15, -0.1) is 0 Å². The van der Waals surface area contributed by atoms with Crippen LogP contribution >= 0.6 is 0 Å². The maximum atomic E-state index is 13.8. The van der Waals surface area contributed by atoms with Gasteiger partial charge in [0.2, 0.25) is 0 Å². The fourth-order valence-electron chi connectivity index (χ4n) is 7.20. The van der Waals surface area contributed by atoms with E-state index in [-0.39, 0.29) is 24.0 Å². The molecule has 0 spiro atoms. The summed E-state index contributed by atoms with van der Waals surface area (Å²) in [7, 11) is 1.67. The normalized spacial score (nSPS) is 26.4. The van der Waals surface area contributed by atoms with E-state index in [0.29, 0.717) is 36.4 Å². The molecule has 4 aromatic rings. The Bertz CT molecular complexity index is 1600. The van der Waals surface area contributed by atoms with Crippen LogP contribution in [0.4, 0.5) is 0 Å². The molecule has 2 aliphatic heterocycles. The van der Waals surface area contributed by atoms with E-state index in [1.54, 1.807) is 7.11 Å². The van der Waals surface area contributed by atoms with Gasteiger partial charge in [0, 0.05) is 48.9 Å². The van der Waals surface area contributed by atoms with Gasteiger partial charge < -0.3 is 29.2 Å². The molecule has 2 N–H and O–H groups in total. The SMILES string of the molecule is COc1cc(C(=O)N2C[C@H]3CC[C@@H]2[C@@H]3N)cc2nc(-c3cc4cccnc4n3CC3CC3)n([C@@H]3CCOC3)c12. The summed E-state index contributed by atoms with van der Waals surface area (Å²) in [5.74, 6) is 2.64. The van der Waals surface area contributed by atoms with Gasteiger partial charge in [-0.3, -0.25) is 4.79 Å². The minimum atomic E-state index is 0.0187. The summed E-state index contributed by atoms with van der Waals surface area (Å²) in [5, 5.41) is 1.11. The van der Waals surface area contributed by atoms with Crippen molar-refractivity contribution >= 4 is 28.0 Å². The molecule has 202 valence electrons. The first-order valence-electron chi connectivity index (χ1n) is 14.3. The van der Waals surface area contributed by atoms with Crippen LogP contribution in [0, 0.1) is 11.8 Å². The van der Waals surface area contributed by atoms with Crippen molar-refractivity contribution in [3.05, 3.63) is 42.1 Å². The van der Waals surface area contributed by atoms with E-state index in [2.05, 4.69) is 21.3 Å². The standard InChI is InChI=1S/C30H34N6O3/c1-38-25-13-20(30(37)35-15-19-6-7-23(35)26(19)31)11-22-27(25)36(21-8-10-39-16-21)29(33-22)24-12-18-3-2-9-32-28(18)34(24)14-17-4-5-17/h2-3,9,11-13,17,19,21,23,26H,4-8,10,14-16,31H2,1H3/t19-,21-,23-,26-/m1/s1. The van der Waals surface area contributed by atoms with Crippen LogP contribution in [0.2, 0.25) is 0 Å². The largest absolute Gasteiger partial charge is 0.494 e. The number of piperidine rings is 1. The smallest absolute Gasteiger partial charge is 0.254 e. The predicted octanol–water partition coefficient (Wildman–Crippen LogP) is 3.99. The lowest BCUT2D eigenvalue weighted by atomic mass is 10.1. The summed E-state index contributed by atoms with van der Waals surface area (Å²) in [6.45, 7) is 3.00. The Labute approximate surface area is 226 Å². The summed E-state index contributed by atoms with van der Waals surface area (Å²) in [4.78, 5) is 25.7. The van der Waals surface area contributed by atoms with E-state index in [4.69, 9.17) is 25.2 Å². The third-order valence-electron chi connectivity index (χ3n) is 9.42. The number of carbonyl (C=O) groups excluding carboxylic acids is 1. The number of amides is 1. The number of carbonyl (C=O) groups is 1. The molecule has 2 aliphatic carbocycles. The van der Waals surface area contributed by atoms with Crippen LogP contribution in [0.5, 0.6) is 5.75 Å². The van der Waals surface area contributed by atoms with Gasteiger partial charge in [-0.1, -0.05) is 0 Å². The number of methoxy groups -OCH3 is 1. The lowest BCUT2D eigenvalue weighted by molar-refractivity contribution is 0.0700. The Balaban J connectivity index is 1.31. The number of imidazole rings is 1. The molecule has 5 heterocycles. The summed E-state index contributed by atoms with van der Waals surface area (Å²) >= 11 is 0. The molecule has 2 saturated carbocycles. The molecule has 4 aliphatic rings. The molecule has 0 unspecified atom stereocenters. The first-order chi connectivity index (χ1) is 19.1. The third kappa shape index (κ3) is 3.63. The maximum Gasteiger partial charge on any atom is 0.254 e. The number of nitrogens with zero attached hydrogens (tertiary/aromatic N) is 5. The topological polar surface area (TPSA) is 100 Å². The quantitative estimate of drug-likeness (QED) is 0.408. The highest BCUT2D eigenvalue weighted by atomic mass is 16.5. The van der Waals surface area contributed by atoms with Crippen LogP contribution in [-0.4, -0.2) is 68.9 Å². The molecule has 9 nitrogen and oxygen atoms in total. The van der Waals surface area contributed by atoms with Crippen molar-refractivity contribution in [2.24, 2.45) is 17.6 Å². The molecule has 0 radical (unpaired) electrons. The third-order valence-corrected chi connectivity index (χ3v) is 9.42. The first-order valence-corrected chi connectivity index (χ1v) is 14.3. The average molecular weight is 527 g/mol. The van der Waals surface area contributed by atoms with Crippen molar-refractivity contribution in [1.82, 2.24) is 24.0 Å². The molecule has 9 heteroatoms. The van der Waals surface area contributed by atoms with Crippen molar-refractivity contribution in [3.8, 4) is 17.3 Å². The van der Waals surface area contributed by atoms with Crippen LogP contribution in [0.3, 0.4) is 0 Å². The average Bonchev–Trinajstić information content (AvgIpc) is 3.36. The minimum Gasteiger partial charge on any atom is -0.494 e. The number of aromatic nitrogens is 4. The molecule has 4 atom stereocenters. The second-order valence-corrected chi connectivity index (χ2v) is 11.8. The van der Waals surface area contributed by atoms with Crippen LogP contribution in [0.15, 0.2) is 36.5 Å². The lowest BCUT2D eigenvalue weighted by Crippen LogP contribution is -2.41. The zero-order valence-corrected chi connectivity index (χ0v) is 22.3.